The van der Waals surface area contributed by atoms with Gasteiger partial charge in [-0.25, -0.2) is 4.79 Å². The fourth-order valence-corrected chi connectivity index (χ4v) is 1.69. The Morgan fingerprint density at radius 1 is 1.28 bits per heavy atom. The molecule has 3 amide bonds. The van der Waals surface area contributed by atoms with Gasteiger partial charge in [0.05, 0.1) is 6.54 Å². The lowest BCUT2D eigenvalue weighted by atomic mass is 10.3. The minimum absolute atomic E-state index is 0.0945. The second-order valence-electron chi connectivity index (χ2n) is 4.25. The largest absolute Gasteiger partial charge is 0.480 e. The Kier molecular flexibility index (Phi) is 5.37. The molecule has 102 valence electrons. The third kappa shape index (κ3) is 5.48. The Morgan fingerprint density at radius 2 is 2.00 bits per heavy atom. The minimum Gasteiger partial charge on any atom is -0.480 e. The molecule has 0 radical (unpaired) electrons. The maximum Gasteiger partial charge on any atom is 0.322 e. The van der Waals surface area contributed by atoms with E-state index in [1.54, 1.807) is 0 Å². The van der Waals surface area contributed by atoms with Crippen molar-refractivity contribution in [2.75, 3.05) is 33.2 Å². The molecule has 8 nitrogen and oxygen atoms in total. The number of urea groups is 1. The molecule has 18 heavy (non-hydrogen) atoms. The van der Waals surface area contributed by atoms with Crippen molar-refractivity contribution in [2.45, 2.75) is 12.5 Å². The van der Waals surface area contributed by atoms with E-state index in [9.17, 15) is 14.4 Å². The van der Waals surface area contributed by atoms with E-state index in [4.69, 9.17) is 5.11 Å². The van der Waals surface area contributed by atoms with Gasteiger partial charge in [0.25, 0.3) is 0 Å². The summed E-state index contributed by atoms with van der Waals surface area (Å²) in [6.07, 6.45) is 0.884. The molecule has 0 saturated carbocycles. The molecule has 8 heteroatoms. The monoisotopic (exact) mass is 258 g/mol. The summed E-state index contributed by atoms with van der Waals surface area (Å²) in [5.74, 6) is -1.65. The maximum atomic E-state index is 11.4. The summed E-state index contributed by atoms with van der Waals surface area (Å²) < 4.78 is 0. The smallest absolute Gasteiger partial charge is 0.322 e. The summed E-state index contributed by atoms with van der Waals surface area (Å²) in [7, 11) is 1.97. The van der Waals surface area contributed by atoms with E-state index in [1.165, 1.54) is 0 Å². The van der Waals surface area contributed by atoms with Crippen molar-refractivity contribution in [1.82, 2.24) is 20.9 Å². The van der Waals surface area contributed by atoms with Crippen LogP contribution in [0.15, 0.2) is 0 Å². The van der Waals surface area contributed by atoms with Gasteiger partial charge in [0.1, 0.15) is 6.54 Å². The second kappa shape index (κ2) is 6.80. The normalized spacial score (nSPS) is 19.3. The van der Waals surface area contributed by atoms with Gasteiger partial charge in [0.15, 0.2) is 0 Å². The third-order valence-corrected chi connectivity index (χ3v) is 2.57. The standard InChI is InChI=1S/C10H18N4O4/c1-14-3-2-7(6-14)13-10(18)12-4-8(15)11-5-9(16)17/h7H,2-6H2,1H3,(H,11,15)(H,16,17)(H2,12,13,18). The zero-order valence-corrected chi connectivity index (χ0v) is 10.2. The molecule has 1 heterocycles. The molecule has 4 N–H and O–H groups in total. The first kappa shape index (κ1) is 14.2. The van der Waals surface area contributed by atoms with Gasteiger partial charge in [-0.15, -0.1) is 0 Å². The van der Waals surface area contributed by atoms with Crippen LogP contribution in [0.3, 0.4) is 0 Å². The van der Waals surface area contributed by atoms with Crippen LogP contribution in [-0.4, -0.2) is 67.2 Å². The van der Waals surface area contributed by atoms with Crippen LogP contribution < -0.4 is 16.0 Å². The number of aliphatic carboxylic acids is 1. The average Bonchev–Trinajstić information content (AvgIpc) is 2.69. The fourth-order valence-electron chi connectivity index (χ4n) is 1.69. The minimum atomic E-state index is -1.12. The van der Waals surface area contributed by atoms with Crippen LogP contribution in [0.4, 0.5) is 4.79 Å². The topological polar surface area (TPSA) is 111 Å². The van der Waals surface area contributed by atoms with Crippen molar-refractivity contribution in [2.24, 2.45) is 0 Å². The molecule has 0 aromatic rings. The molecule has 1 rings (SSSR count). The first-order valence-electron chi connectivity index (χ1n) is 5.69. The zero-order valence-electron chi connectivity index (χ0n) is 10.2. The number of amides is 3. The zero-order chi connectivity index (χ0) is 13.5. The third-order valence-electron chi connectivity index (χ3n) is 2.57. The van der Waals surface area contributed by atoms with Gasteiger partial charge in [-0.05, 0) is 20.0 Å². The van der Waals surface area contributed by atoms with Gasteiger partial charge in [0.2, 0.25) is 5.91 Å². The van der Waals surface area contributed by atoms with E-state index in [0.29, 0.717) is 0 Å². The number of carboxylic acids is 1. The van der Waals surface area contributed by atoms with E-state index < -0.39 is 24.5 Å². The van der Waals surface area contributed by atoms with Crippen LogP contribution in [0.5, 0.6) is 0 Å². The van der Waals surface area contributed by atoms with Crippen molar-refractivity contribution in [3.8, 4) is 0 Å². The number of carboxylic acid groups (broad SMARTS) is 1. The molecule has 1 unspecified atom stereocenters. The summed E-state index contributed by atoms with van der Waals surface area (Å²) in [6.45, 7) is 1.04. The van der Waals surface area contributed by atoms with Crippen LogP contribution in [-0.2, 0) is 9.59 Å². The molecule has 0 aromatic carbocycles. The number of likely N-dealkylation sites (tertiary alicyclic amines) is 1. The van der Waals surface area contributed by atoms with E-state index in [-0.39, 0.29) is 12.6 Å². The predicted octanol–water partition coefficient (Wildman–Crippen LogP) is -1.81. The van der Waals surface area contributed by atoms with E-state index in [0.717, 1.165) is 19.5 Å². The maximum absolute atomic E-state index is 11.4. The molecule has 1 aliphatic rings. The van der Waals surface area contributed by atoms with Gasteiger partial charge in [-0.2, -0.15) is 0 Å². The number of hydrogen-bond donors (Lipinski definition) is 4. The molecular formula is C10H18N4O4. The highest BCUT2D eigenvalue weighted by molar-refractivity contribution is 5.86. The molecular weight excluding hydrogens is 240 g/mol. The van der Waals surface area contributed by atoms with Crippen molar-refractivity contribution in [3.05, 3.63) is 0 Å². The highest BCUT2D eigenvalue weighted by Crippen LogP contribution is 2.05. The summed E-state index contributed by atoms with van der Waals surface area (Å²) >= 11 is 0. The number of rotatable bonds is 5. The Morgan fingerprint density at radius 3 is 2.56 bits per heavy atom. The summed E-state index contributed by atoms with van der Waals surface area (Å²) in [4.78, 5) is 34.8. The lowest BCUT2D eigenvalue weighted by Gasteiger charge is -2.13. The molecule has 0 aliphatic carbocycles. The molecule has 1 saturated heterocycles. The van der Waals surface area contributed by atoms with Crippen molar-refractivity contribution >= 4 is 17.9 Å². The van der Waals surface area contributed by atoms with Gasteiger partial charge >= 0.3 is 12.0 Å². The number of carbonyl (C=O) groups excluding carboxylic acids is 2. The Labute approximate surface area is 105 Å². The molecule has 1 fully saturated rings. The van der Waals surface area contributed by atoms with Crippen LogP contribution in [0, 0.1) is 0 Å². The van der Waals surface area contributed by atoms with E-state index >= 15 is 0 Å². The summed E-state index contributed by atoms with van der Waals surface area (Å²) in [5.41, 5.74) is 0. The average molecular weight is 258 g/mol. The number of nitrogens with zero attached hydrogens (tertiary/aromatic N) is 1. The van der Waals surface area contributed by atoms with Crippen molar-refractivity contribution < 1.29 is 19.5 Å². The number of likely N-dealkylation sites (N-methyl/N-ethyl adjacent to an activating group) is 1. The van der Waals surface area contributed by atoms with E-state index in [1.807, 2.05) is 7.05 Å². The quantitative estimate of drug-likeness (QED) is 0.464. The highest BCUT2D eigenvalue weighted by atomic mass is 16.4. The fraction of sp³-hybridized carbons (Fsp3) is 0.700. The van der Waals surface area contributed by atoms with Crippen LogP contribution in [0.1, 0.15) is 6.42 Å². The Hall–Kier alpha value is -1.83. The molecule has 1 aliphatic heterocycles. The lowest BCUT2D eigenvalue weighted by molar-refractivity contribution is -0.137. The SMILES string of the molecule is CN1CCC(NC(=O)NCC(=O)NCC(=O)O)C1. The first-order valence-corrected chi connectivity index (χ1v) is 5.69. The second-order valence-corrected chi connectivity index (χ2v) is 4.25. The van der Waals surface area contributed by atoms with Crippen molar-refractivity contribution in [3.63, 3.8) is 0 Å². The van der Waals surface area contributed by atoms with Gasteiger partial charge in [-0.1, -0.05) is 0 Å². The van der Waals surface area contributed by atoms with Crippen molar-refractivity contribution in [1.29, 1.82) is 0 Å². The molecule has 0 bridgehead atoms. The highest BCUT2D eigenvalue weighted by Gasteiger charge is 2.20. The number of nitrogens with one attached hydrogen (secondary N) is 3. The molecule has 0 spiro atoms. The number of hydrogen-bond acceptors (Lipinski definition) is 4. The van der Waals surface area contributed by atoms with Crippen LogP contribution in [0.25, 0.3) is 0 Å². The summed E-state index contributed by atoms with van der Waals surface area (Å²) in [5, 5.41) is 15.6. The van der Waals surface area contributed by atoms with Crippen LogP contribution in [0.2, 0.25) is 0 Å². The predicted molar refractivity (Wildman–Crippen MR) is 63.1 cm³/mol. The lowest BCUT2D eigenvalue weighted by Crippen LogP contribution is -2.46. The molecule has 1 atom stereocenters. The Bertz CT molecular complexity index is 334. The number of carbonyl (C=O) groups is 3. The Balaban J connectivity index is 2.13. The first-order chi connectivity index (χ1) is 8.47. The molecule has 0 aromatic heterocycles. The van der Waals surface area contributed by atoms with E-state index in [2.05, 4.69) is 20.9 Å². The van der Waals surface area contributed by atoms with Crippen LogP contribution >= 0.6 is 0 Å². The van der Waals surface area contributed by atoms with Gasteiger partial charge < -0.3 is 26.0 Å². The summed E-state index contributed by atoms with van der Waals surface area (Å²) in [6, 6.07) is -0.321. The van der Waals surface area contributed by atoms with Gasteiger partial charge in [-0.3, -0.25) is 9.59 Å². The van der Waals surface area contributed by atoms with Gasteiger partial charge in [0, 0.05) is 12.6 Å².